The van der Waals surface area contributed by atoms with Gasteiger partial charge in [0, 0.05) is 13.1 Å². The van der Waals surface area contributed by atoms with Crippen LogP contribution in [0.2, 0.25) is 0 Å². The van der Waals surface area contributed by atoms with E-state index in [1.165, 1.54) is 0 Å². The Bertz CT molecular complexity index is 607. The Morgan fingerprint density at radius 3 is 2.10 bits per heavy atom. The number of carbonyl (C=O) groups is 3. The highest BCUT2D eigenvalue weighted by Crippen LogP contribution is 2.37. The average molecular weight is 413 g/mol. The van der Waals surface area contributed by atoms with Gasteiger partial charge in [-0.1, -0.05) is 6.92 Å². The van der Waals surface area contributed by atoms with Gasteiger partial charge in [0.25, 0.3) is 0 Å². The summed E-state index contributed by atoms with van der Waals surface area (Å²) in [5.41, 5.74) is -1.11. The van der Waals surface area contributed by atoms with Crippen LogP contribution in [0.4, 0.5) is 4.79 Å². The standard InChI is InChI=1S/C18H32BN3O7/c1-6-13(19-28-17(2,3)18(4,5)29-19)21-15(24)12(20-16(25)26)11-14(23)22-7-9-27-10-8-22/h12-13,20H,6-11H2,1-5H3,(H,21,24)(H,25,26)/t12-,13+/m1/s1. The molecule has 3 N–H and O–H groups in total. The number of carboxylic acid groups (broad SMARTS) is 1. The fraction of sp³-hybridized carbons (Fsp3) is 0.833. The summed E-state index contributed by atoms with van der Waals surface area (Å²) < 4.78 is 17.2. The summed E-state index contributed by atoms with van der Waals surface area (Å²) in [7, 11) is -0.672. The highest BCUT2D eigenvalue weighted by molar-refractivity contribution is 6.48. The lowest BCUT2D eigenvalue weighted by Crippen LogP contribution is -2.55. The molecule has 2 saturated heterocycles. The second-order valence-electron chi connectivity index (χ2n) is 8.35. The maximum atomic E-state index is 12.8. The van der Waals surface area contributed by atoms with Crippen LogP contribution in [0, 0.1) is 0 Å². The summed E-state index contributed by atoms with van der Waals surface area (Å²) in [5, 5.41) is 14.0. The van der Waals surface area contributed by atoms with Crippen LogP contribution < -0.4 is 10.6 Å². The Hall–Kier alpha value is -1.85. The van der Waals surface area contributed by atoms with E-state index in [4.69, 9.17) is 19.2 Å². The number of carbonyl (C=O) groups excluding carboxylic acids is 2. The lowest BCUT2D eigenvalue weighted by Gasteiger charge is -2.32. The lowest BCUT2D eigenvalue weighted by atomic mass is 9.76. The van der Waals surface area contributed by atoms with Gasteiger partial charge in [0.2, 0.25) is 11.8 Å². The molecule has 164 valence electrons. The third kappa shape index (κ3) is 5.83. The minimum atomic E-state index is -1.37. The van der Waals surface area contributed by atoms with E-state index in [0.29, 0.717) is 32.7 Å². The molecule has 2 fully saturated rings. The van der Waals surface area contributed by atoms with Crippen molar-refractivity contribution in [1.29, 1.82) is 0 Å². The molecule has 2 heterocycles. The zero-order valence-electron chi connectivity index (χ0n) is 17.8. The van der Waals surface area contributed by atoms with Gasteiger partial charge >= 0.3 is 13.2 Å². The molecule has 0 bridgehead atoms. The molecule has 0 aromatic heterocycles. The van der Waals surface area contributed by atoms with Gasteiger partial charge in [-0.15, -0.1) is 0 Å². The second kappa shape index (κ2) is 9.31. The first-order chi connectivity index (χ1) is 13.5. The number of rotatable bonds is 7. The first-order valence-corrected chi connectivity index (χ1v) is 9.98. The van der Waals surface area contributed by atoms with Crippen molar-refractivity contribution in [3.8, 4) is 0 Å². The van der Waals surface area contributed by atoms with Gasteiger partial charge in [-0.25, -0.2) is 4.79 Å². The van der Waals surface area contributed by atoms with E-state index in [2.05, 4.69) is 10.6 Å². The molecule has 0 radical (unpaired) electrons. The predicted molar refractivity (Wildman–Crippen MR) is 105 cm³/mol. The number of hydrogen-bond donors (Lipinski definition) is 3. The van der Waals surface area contributed by atoms with Gasteiger partial charge < -0.3 is 34.7 Å². The first-order valence-electron chi connectivity index (χ1n) is 9.98. The van der Waals surface area contributed by atoms with Crippen LogP contribution in [0.3, 0.4) is 0 Å². The van der Waals surface area contributed by atoms with Crippen molar-refractivity contribution in [2.24, 2.45) is 0 Å². The molecule has 2 aliphatic heterocycles. The lowest BCUT2D eigenvalue weighted by molar-refractivity contribution is -0.138. The van der Waals surface area contributed by atoms with E-state index in [-0.39, 0.29) is 12.3 Å². The Morgan fingerprint density at radius 2 is 1.62 bits per heavy atom. The number of nitrogens with one attached hydrogen (secondary N) is 2. The molecule has 10 nitrogen and oxygen atoms in total. The van der Waals surface area contributed by atoms with E-state index in [0.717, 1.165) is 0 Å². The SMILES string of the molecule is CC[C@H](NC(=O)[C@@H](CC(=O)N1CCOCC1)NC(=O)O)B1OC(C)(C)C(C)(C)O1. The minimum absolute atomic E-state index is 0.266. The number of nitrogens with zero attached hydrogens (tertiary/aromatic N) is 1. The molecule has 0 aliphatic carbocycles. The van der Waals surface area contributed by atoms with Crippen LogP contribution >= 0.6 is 0 Å². The normalized spacial score (nSPS) is 22.7. The Balaban J connectivity index is 2.03. The Morgan fingerprint density at radius 1 is 1.07 bits per heavy atom. The summed E-state index contributed by atoms with van der Waals surface area (Å²) in [6.45, 7) is 11.2. The van der Waals surface area contributed by atoms with Gasteiger partial charge in [-0.2, -0.15) is 0 Å². The third-order valence-electron chi connectivity index (χ3n) is 5.72. The number of amides is 3. The molecular weight excluding hydrogens is 381 g/mol. The van der Waals surface area contributed by atoms with Gasteiger partial charge in [0.15, 0.2) is 0 Å². The molecule has 0 spiro atoms. The van der Waals surface area contributed by atoms with Crippen molar-refractivity contribution in [3.05, 3.63) is 0 Å². The van der Waals surface area contributed by atoms with Crippen molar-refractivity contribution in [2.45, 2.75) is 70.6 Å². The topological polar surface area (TPSA) is 126 Å². The molecule has 0 saturated carbocycles. The maximum Gasteiger partial charge on any atom is 0.481 e. The van der Waals surface area contributed by atoms with Crippen molar-refractivity contribution in [2.75, 3.05) is 26.3 Å². The van der Waals surface area contributed by atoms with E-state index >= 15 is 0 Å². The van der Waals surface area contributed by atoms with Crippen LogP contribution in [-0.2, 0) is 23.6 Å². The minimum Gasteiger partial charge on any atom is -0.465 e. The summed E-state index contributed by atoms with van der Waals surface area (Å²) in [6, 6.07) is -1.21. The van der Waals surface area contributed by atoms with Crippen LogP contribution in [0.25, 0.3) is 0 Å². The number of ether oxygens (including phenoxy) is 1. The predicted octanol–water partition coefficient (Wildman–Crippen LogP) is 0.398. The molecule has 0 aromatic carbocycles. The van der Waals surface area contributed by atoms with Crippen LogP contribution in [0.1, 0.15) is 47.5 Å². The smallest absolute Gasteiger partial charge is 0.465 e. The zero-order valence-corrected chi connectivity index (χ0v) is 17.8. The highest BCUT2D eigenvalue weighted by Gasteiger charge is 2.54. The van der Waals surface area contributed by atoms with Crippen molar-refractivity contribution < 1.29 is 33.5 Å². The summed E-state index contributed by atoms with van der Waals surface area (Å²) in [6.07, 6.45) is -1.12. The van der Waals surface area contributed by atoms with E-state index in [9.17, 15) is 14.4 Å². The monoisotopic (exact) mass is 413 g/mol. The average Bonchev–Trinajstić information content (AvgIpc) is 2.86. The fourth-order valence-corrected chi connectivity index (χ4v) is 3.17. The molecule has 2 atom stereocenters. The molecular formula is C18H32BN3O7. The van der Waals surface area contributed by atoms with E-state index in [1.54, 1.807) is 4.90 Å². The second-order valence-corrected chi connectivity index (χ2v) is 8.35. The van der Waals surface area contributed by atoms with Crippen molar-refractivity contribution in [1.82, 2.24) is 15.5 Å². The quantitative estimate of drug-likeness (QED) is 0.516. The third-order valence-corrected chi connectivity index (χ3v) is 5.72. The molecule has 29 heavy (non-hydrogen) atoms. The van der Waals surface area contributed by atoms with Crippen LogP contribution in [0.15, 0.2) is 0 Å². The molecule has 0 unspecified atom stereocenters. The molecule has 11 heteroatoms. The summed E-state index contributed by atoms with van der Waals surface area (Å²) in [5.74, 6) is -1.37. The van der Waals surface area contributed by atoms with Crippen molar-refractivity contribution in [3.63, 3.8) is 0 Å². The van der Waals surface area contributed by atoms with E-state index in [1.807, 2.05) is 34.6 Å². The molecule has 2 rings (SSSR count). The van der Waals surface area contributed by atoms with Crippen LogP contribution in [0.5, 0.6) is 0 Å². The Kier molecular flexibility index (Phi) is 7.53. The fourth-order valence-electron chi connectivity index (χ4n) is 3.17. The largest absolute Gasteiger partial charge is 0.481 e. The van der Waals surface area contributed by atoms with Crippen molar-refractivity contribution >= 4 is 25.0 Å². The number of hydrogen-bond acceptors (Lipinski definition) is 6. The maximum absolute atomic E-state index is 12.8. The highest BCUT2D eigenvalue weighted by atomic mass is 16.7. The summed E-state index contributed by atoms with van der Waals surface area (Å²) >= 11 is 0. The Labute approximate surface area is 171 Å². The molecule has 2 aliphatic rings. The zero-order chi connectivity index (χ0) is 21.8. The van der Waals surface area contributed by atoms with Gasteiger partial charge in [-0.05, 0) is 34.1 Å². The van der Waals surface area contributed by atoms with Gasteiger partial charge in [-0.3, -0.25) is 9.59 Å². The van der Waals surface area contributed by atoms with Gasteiger partial charge in [0.05, 0.1) is 36.8 Å². The summed E-state index contributed by atoms with van der Waals surface area (Å²) in [4.78, 5) is 38.0. The number of morpholine rings is 1. The molecule has 0 aromatic rings. The van der Waals surface area contributed by atoms with E-state index < -0.39 is 42.3 Å². The van der Waals surface area contributed by atoms with Gasteiger partial charge in [0.1, 0.15) is 6.04 Å². The first kappa shape index (κ1) is 23.4. The van der Waals surface area contributed by atoms with Crippen LogP contribution in [-0.4, -0.2) is 84.5 Å². The molecule has 3 amide bonds.